The minimum atomic E-state index is -6.24. The second kappa shape index (κ2) is 23.3. The summed E-state index contributed by atoms with van der Waals surface area (Å²) >= 11 is 0. The van der Waals surface area contributed by atoms with Crippen LogP contribution < -0.4 is 38.4 Å². The van der Waals surface area contributed by atoms with Crippen LogP contribution in [-0.2, 0) is 80.4 Å². The molecule has 3 saturated heterocycles. The summed E-state index contributed by atoms with van der Waals surface area (Å²) in [6.07, 6.45) is -14.8. The van der Waals surface area contributed by atoms with Gasteiger partial charge >= 0.3 is 36.9 Å². The molecule has 0 aliphatic carbocycles. The molecule has 0 amide bonds. The molecule has 0 radical (unpaired) electrons. The number of phosphoric acid groups is 4. The van der Waals surface area contributed by atoms with Crippen LogP contribution in [-0.4, -0.2) is 191 Å². The number of aromatic amines is 3. The summed E-state index contributed by atoms with van der Waals surface area (Å²) in [6, 6.07) is 0. The minimum absolute atomic E-state index is 0.00859. The average Bonchev–Trinajstić information content (AvgIpc) is 3.39. The van der Waals surface area contributed by atoms with Gasteiger partial charge in [-0.05, 0) is 0 Å². The molecule has 0 spiro atoms. The molecule has 6 aromatic rings. The van der Waals surface area contributed by atoms with Gasteiger partial charge in [0, 0.05) is 20.1 Å². The number of anilines is 3. The van der Waals surface area contributed by atoms with Gasteiger partial charge in [-0.2, -0.15) is 28.1 Å². The molecule has 0 aromatic carbocycles. The van der Waals surface area contributed by atoms with Gasteiger partial charge in [0.05, 0.1) is 65.4 Å². The lowest BCUT2D eigenvalue weighted by Gasteiger charge is -2.26. The van der Waals surface area contributed by atoms with Gasteiger partial charge in [-0.15, -0.1) is 0 Å². The van der Waals surface area contributed by atoms with Crippen molar-refractivity contribution in [1.82, 2.24) is 53.6 Å². The highest BCUT2D eigenvalue weighted by Gasteiger charge is 2.54. The Balaban J connectivity index is 0.881. The van der Waals surface area contributed by atoms with Crippen LogP contribution in [0, 0.1) is 5.92 Å². The van der Waals surface area contributed by atoms with Crippen molar-refractivity contribution in [3.05, 3.63) is 50.0 Å². The maximum absolute atomic E-state index is 13.8. The van der Waals surface area contributed by atoms with E-state index >= 15 is 0 Å². The van der Waals surface area contributed by atoms with Crippen molar-refractivity contribution in [3.8, 4) is 0 Å². The van der Waals surface area contributed by atoms with E-state index in [-0.39, 0.29) is 65.2 Å². The molecule has 9 rings (SSSR count). The van der Waals surface area contributed by atoms with Crippen molar-refractivity contribution < 1.29 is 113 Å². The number of nitrogens with zero attached hydrogens (tertiary/aromatic N) is 9. The van der Waals surface area contributed by atoms with E-state index in [2.05, 4.69) is 48.5 Å². The largest absolute Gasteiger partial charge is 0.490 e. The predicted octanol–water partition coefficient (Wildman–Crippen LogP) is -4.50. The fourth-order valence-electron chi connectivity index (χ4n) is 9.02. The fraction of sp³-hybridized carbons (Fsp3) is 0.583. The number of aliphatic hydroxyl groups is 3. The number of aromatic nitrogens is 12. The Hall–Kier alpha value is -5.39. The molecule has 41 nitrogen and oxygen atoms in total. The Morgan fingerprint density at radius 1 is 0.605 bits per heavy atom. The van der Waals surface area contributed by atoms with Crippen molar-refractivity contribution in [2.45, 2.75) is 67.5 Å². The molecule has 0 bridgehead atoms. The van der Waals surface area contributed by atoms with Crippen LogP contribution in [0.15, 0.2) is 33.4 Å². The second-order valence-electron chi connectivity index (χ2n) is 17.9. The number of rotatable bonds is 24. The molecular weight excluding hydrogens is 1180 g/mol. The number of aryl methyl sites for hydroxylation is 1. The standard InChI is InChI=1S/C36H51N15O26P4/c1-48-12-51(27-19(48)30(57)47-36(39)44-27)31-20(52)13(6-68-5-4-66-2)14(72-31)7-70-79(60,61)76-81(64,65)77-80(62,63)71-9-16-23(24(67-3)33(74-16)50-11-41-18-26(50)43-35(38)46-29(18)56)75-78(58,59)69-8-15-21(53)22(54)32(73-15)49-10-40-17-25(49)42-34(37)45-28(17)55/h10-16,20-24,31-33,52-54H,4-9H2,1-3H3,(H12-,37,38,39,42,43,44,45,46,47,55,56,57,58,59,60,61,62,63,64,65)/p+1/t13-,14-,15-,16-,20-,21-,22-,23-,24-,31?,32-,33-/m1/s1. The van der Waals surface area contributed by atoms with E-state index in [1.54, 1.807) is 0 Å². The van der Waals surface area contributed by atoms with Gasteiger partial charge < -0.3 is 80.5 Å². The summed E-state index contributed by atoms with van der Waals surface area (Å²) < 4.78 is 121. The number of nitrogens with one attached hydrogen (secondary N) is 3. The molecule has 446 valence electrons. The number of phosphoric ester groups is 3. The third kappa shape index (κ3) is 12.8. The number of imidazole rings is 3. The zero-order chi connectivity index (χ0) is 58.7. The Labute approximate surface area is 449 Å². The lowest BCUT2D eigenvalue weighted by Crippen LogP contribution is -2.38. The quantitative estimate of drug-likeness (QED) is 0.0154. The van der Waals surface area contributed by atoms with Gasteiger partial charge in [-0.3, -0.25) is 56.6 Å². The first-order valence-electron chi connectivity index (χ1n) is 23.3. The molecule has 6 aromatic heterocycles. The lowest BCUT2D eigenvalue weighted by atomic mass is 9.99. The number of nitrogens with two attached hydrogens (primary N) is 3. The second-order valence-corrected chi connectivity index (χ2v) is 23.9. The zero-order valence-corrected chi connectivity index (χ0v) is 45.4. The normalized spacial score (nSPS) is 29.1. The predicted molar refractivity (Wildman–Crippen MR) is 262 cm³/mol. The number of nitrogen functional groups attached to an aromatic ring is 3. The summed E-state index contributed by atoms with van der Waals surface area (Å²) in [5.74, 6) is -2.11. The molecule has 3 fully saturated rings. The Bertz CT molecular complexity index is 3690. The average molecular weight is 1230 g/mol. The minimum Gasteiger partial charge on any atom is -0.387 e. The van der Waals surface area contributed by atoms with E-state index in [9.17, 15) is 67.5 Å². The van der Waals surface area contributed by atoms with Gasteiger partial charge in [0.15, 0.2) is 34.8 Å². The van der Waals surface area contributed by atoms with E-state index in [1.165, 1.54) is 29.6 Å². The number of aliphatic hydroxyl groups excluding tert-OH is 3. The highest BCUT2D eigenvalue weighted by Crippen LogP contribution is 2.68. The van der Waals surface area contributed by atoms with Crippen LogP contribution >= 0.6 is 31.3 Å². The highest BCUT2D eigenvalue weighted by molar-refractivity contribution is 7.66. The van der Waals surface area contributed by atoms with Crippen LogP contribution in [0.4, 0.5) is 17.8 Å². The summed E-state index contributed by atoms with van der Waals surface area (Å²) in [5, 5.41) is 33.2. The zero-order valence-electron chi connectivity index (χ0n) is 41.8. The smallest absolute Gasteiger partial charge is 0.387 e. The van der Waals surface area contributed by atoms with Gasteiger partial charge in [-0.25, -0.2) is 32.8 Å². The topological polar surface area (TPSA) is 580 Å². The SMILES string of the molecule is COCCOC[C@@H]1[C@@H](COP(=O)(O)OP(=O)(O)OP(=O)(O)OC[C@H]2O[C@@H](n3cnc4c(=O)[nH]c(N)nc43)[C@H](OC)[C@@H]2OP(=O)(O)OC[C@H]2O[C@@H](n3cnc4c(=O)[nH]c(N)nc43)[C@H](O)[C@@H]2O)OC(n2c[n+](C)c3c(=O)[nH]c(N)nc32)[C@@H]1O. The third-order valence-electron chi connectivity index (χ3n) is 12.5. The maximum atomic E-state index is 13.8. The molecular formula is C36H52N15O26P4+. The van der Waals surface area contributed by atoms with Crippen molar-refractivity contribution >= 4 is 82.6 Å². The van der Waals surface area contributed by atoms with Crippen LogP contribution in [0.25, 0.3) is 33.5 Å². The van der Waals surface area contributed by atoms with E-state index in [1.807, 2.05) is 0 Å². The number of ether oxygens (including phenoxy) is 6. The Kier molecular flexibility index (Phi) is 17.3. The molecule has 0 saturated carbocycles. The molecule has 9 heterocycles. The number of hydrogen-bond donors (Lipinski definition) is 13. The van der Waals surface area contributed by atoms with E-state index < -0.39 is 147 Å². The molecule has 3 aliphatic heterocycles. The van der Waals surface area contributed by atoms with Crippen molar-refractivity contribution in [2.24, 2.45) is 13.0 Å². The lowest BCUT2D eigenvalue weighted by molar-refractivity contribution is -0.646. The van der Waals surface area contributed by atoms with Gasteiger partial charge in [-0.1, -0.05) is 0 Å². The molecule has 45 heteroatoms. The first-order valence-corrected chi connectivity index (χ1v) is 29.2. The molecule has 3 aliphatic rings. The maximum Gasteiger partial charge on any atom is 0.490 e. The van der Waals surface area contributed by atoms with Gasteiger partial charge in [0.25, 0.3) is 22.3 Å². The first kappa shape index (κ1) is 60.2. The Morgan fingerprint density at radius 3 is 1.68 bits per heavy atom. The summed E-state index contributed by atoms with van der Waals surface area (Å²) in [5.41, 5.74) is 14.0. The van der Waals surface area contributed by atoms with Crippen LogP contribution in [0.1, 0.15) is 18.7 Å². The first-order chi connectivity index (χ1) is 38.1. The summed E-state index contributed by atoms with van der Waals surface area (Å²) in [4.78, 5) is 108. The van der Waals surface area contributed by atoms with Crippen molar-refractivity contribution in [2.75, 3.05) is 71.1 Å². The number of fused-ring (bicyclic) bond motifs is 3. The molecule has 81 heavy (non-hydrogen) atoms. The number of H-pyrrole nitrogens is 3. The fourth-order valence-corrected chi connectivity index (χ4v) is 13.5. The Morgan fingerprint density at radius 2 is 1.10 bits per heavy atom. The number of hydrogen-bond acceptors (Lipinski definition) is 30. The number of methoxy groups -OCH3 is 2. The summed E-state index contributed by atoms with van der Waals surface area (Å²) in [6.45, 7) is -3.50. The third-order valence-corrected chi connectivity index (χ3v) is 17.8. The van der Waals surface area contributed by atoms with E-state index in [4.69, 9.17) is 63.7 Å². The van der Waals surface area contributed by atoms with Crippen LogP contribution in [0.2, 0.25) is 0 Å². The van der Waals surface area contributed by atoms with E-state index in [0.717, 1.165) is 28.9 Å². The van der Waals surface area contributed by atoms with Crippen molar-refractivity contribution in [3.63, 3.8) is 0 Å². The van der Waals surface area contributed by atoms with Crippen molar-refractivity contribution in [1.29, 1.82) is 0 Å². The van der Waals surface area contributed by atoms with Crippen LogP contribution in [0.5, 0.6) is 0 Å². The molecule has 16 atom stereocenters. The highest BCUT2D eigenvalue weighted by atomic mass is 31.3. The molecule has 16 N–H and O–H groups in total. The monoisotopic (exact) mass is 1230 g/mol. The van der Waals surface area contributed by atoms with Gasteiger partial charge in [0.2, 0.25) is 30.4 Å². The summed E-state index contributed by atoms with van der Waals surface area (Å²) in [7, 11) is -19.7. The molecule has 5 unspecified atom stereocenters. The van der Waals surface area contributed by atoms with Crippen LogP contribution in [0.3, 0.4) is 0 Å². The van der Waals surface area contributed by atoms with E-state index in [0.29, 0.717) is 0 Å². The van der Waals surface area contributed by atoms with Gasteiger partial charge in [0.1, 0.15) is 42.7 Å².